The molecule has 154 valence electrons. The topological polar surface area (TPSA) is 93.2 Å². The van der Waals surface area contributed by atoms with Crippen molar-refractivity contribution in [2.75, 3.05) is 36.0 Å². The first-order valence-corrected chi connectivity index (χ1v) is 10.0. The molecule has 0 amide bonds. The lowest BCUT2D eigenvalue weighted by molar-refractivity contribution is 0.630. The number of rotatable bonds is 3. The van der Waals surface area contributed by atoms with Crippen LogP contribution in [0.25, 0.3) is 11.6 Å². The minimum atomic E-state index is 0.633. The zero-order valence-electron chi connectivity index (χ0n) is 17.6. The van der Waals surface area contributed by atoms with E-state index in [2.05, 4.69) is 47.1 Å². The first-order chi connectivity index (χ1) is 14.5. The number of nitrogens with zero attached hydrogens (tertiary/aromatic N) is 10. The van der Waals surface area contributed by atoms with Crippen LogP contribution < -0.4 is 9.80 Å². The van der Waals surface area contributed by atoms with Crippen LogP contribution in [0.15, 0.2) is 24.5 Å². The highest BCUT2D eigenvalue weighted by molar-refractivity contribution is 5.51. The Bertz CT molecular complexity index is 1220. The molecule has 0 unspecified atom stereocenters. The van der Waals surface area contributed by atoms with E-state index < -0.39 is 0 Å². The maximum absolute atomic E-state index is 4.69. The zero-order chi connectivity index (χ0) is 20.8. The summed E-state index contributed by atoms with van der Waals surface area (Å²) in [6, 6.07) is 6.14. The zero-order valence-corrected chi connectivity index (χ0v) is 17.6. The fourth-order valence-corrected chi connectivity index (χ4v) is 3.97. The number of hydrogen-bond acceptors (Lipinski definition) is 8. The summed E-state index contributed by atoms with van der Waals surface area (Å²) < 4.78 is 3.68. The molecule has 0 N–H and O–H groups in total. The van der Waals surface area contributed by atoms with E-state index in [1.807, 2.05) is 38.4 Å². The van der Waals surface area contributed by atoms with Crippen LogP contribution in [-0.4, -0.2) is 65.5 Å². The van der Waals surface area contributed by atoms with E-state index in [9.17, 15) is 0 Å². The Hall–Kier alpha value is -3.56. The molecule has 1 saturated heterocycles. The van der Waals surface area contributed by atoms with Gasteiger partial charge in [-0.1, -0.05) is 0 Å². The second-order valence-electron chi connectivity index (χ2n) is 7.67. The number of piperazine rings is 1. The average Bonchev–Trinajstić information content (AvgIpc) is 3.32. The molecule has 10 heteroatoms. The summed E-state index contributed by atoms with van der Waals surface area (Å²) >= 11 is 0. The van der Waals surface area contributed by atoms with Gasteiger partial charge < -0.3 is 9.80 Å². The van der Waals surface area contributed by atoms with E-state index in [-0.39, 0.29) is 0 Å². The van der Waals surface area contributed by atoms with Gasteiger partial charge in [0, 0.05) is 49.7 Å². The molecule has 4 aromatic heterocycles. The molecule has 5 rings (SSSR count). The van der Waals surface area contributed by atoms with E-state index in [1.54, 1.807) is 10.8 Å². The van der Waals surface area contributed by atoms with Crippen LogP contribution >= 0.6 is 0 Å². The van der Waals surface area contributed by atoms with E-state index >= 15 is 0 Å². The summed E-state index contributed by atoms with van der Waals surface area (Å²) in [6.45, 7) is 11.4. The van der Waals surface area contributed by atoms with Crippen LogP contribution in [0.2, 0.25) is 0 Å². The average molecular weight is 404 g/mol. The van der Waals surface area contributed by atoms with Crippen LogP contribution in [-0.2, 0) is 0 Å². The highest BCUT2D eigenvalue weighted by atomic mass is 15.4. The highest BCUT2D eigenvalue weighted by Crippen LogP contribution is 2.22. The second kappa shape index (κ2) is 7.05. The van der Waals surface area contributed by atoms with Gasteiger partial charge in [-0.05, 0) is 33.8 Å². The van der Waals surface area contributed by atoms with E-state index in [0.717, 1.165) is 66.5 Å². The van der Waals surface area contributed by atoms with Crippen LogP contribution in [0.3, 0.4) is 0 Å². The second-order valence-corrected chi connectivity index (χ2v) is 7.67. The Morgan fingerprint density at radius 2 is 1.50 bits per heavy atom. The number of hydrogen-bond donors (Lipinski definition) is 0. The third-order valence-electron chi connectivity index (χ3n) is 5.33. The lowest BCUT2D eigenvalue weighted by Crippen LogP contribution is -2.47. The molecule has 0 atom stereocenters. The molecule has 10 nitrogen and oxygen atoms in total. The van der Waals surface area contributed by atoms with Gasteiger partial charge in [-0.25, -0.2) is 19.6 Å². The number of aromatic nitrogens is 8. The summed E-state index contributed by atoms with van der Waals surface area (Å²) in [5, 5.41) is 8.91. The predicted molar refractivity (Wildman–Crippen MR) is 113 cm³/mol. The van der Waals surface area contributed by atoms with Crippen molar-refractivity contribution in [3.63, 3.8) is 0 Å². The molecule has 0 spiro atoms. The van der Waals surface area contributed by atoms with Gasteiger partial charge in [-0.2, -0.15) is 19.7 Å². The molecule has 1 aliphatic rings. The van der Waals surface area contributed by atoms with E-state index in [0.29, 0.717) is 5.78 Å². The van der Waals surface area contributed by atoms with Crippen molar-refractivity contribution >= 4 is 17.4 Å². The van der Waals surface area contributed by atoms with Crippen molar-refractivity contribution < 1.29 is 0 Å². The van der Waals surface area contributed by atoms with E-state index in [4.69, 9.17) is 4.98 Å². The van der Waals surface area contributed by atoms with Gasteiger partial charge in [0.05, 0.1) is 5.69 Å². The van der Waals surface area contributed by atoms with Crippen molar-refractivity contribution in [2.45, 2.75) is 27.7 Å². The smallest absolute Gasteiger partial charge is 0.254 e. The molecule has 4 aromatic rings. The standard InChI is InChI=1S/C20H24N10/c1-13-10-19(30-20(23-13)21-12-22-30)28-7-5-27(6-8-28)17-11-18(25-16(4)24-17)29-15(3)9-14(2)26-29/h9-12H,5-8H2,1-4H3. The van der Waals surface area contributed by atoms with Gasteiger partial charge in [-0.15, -0.1) is 0 Å². The largest absolute Gasteiger partial charge is 0.353 e. The first-order valence-electron chi connectivity index (χ1n) is 10.0. The Balaban J connectivity index is 1.39. The van der Waals surface area contributed by atoms with Gasteiger partial charge in [0.1, 0.15) is 23.8 Å². The number of aryl methyl sites for hydroxylation is 4. The van der Waals surface area contributed by atoms with Crippen molar-refractivity contribution in [1.29, 1.82) is 0 Å². The summed E-state index contributed by atoms with van der Waals surface area (Å²) in [5.74, 6) is 4.14. The highest BCUT2D eigenvalue weighted by Gasteiger charge is 2.22. The molecular formula is C20H24N10. The lowest BCUT2D eigenvalue weighted by Gasteiger charge is -2.36. The Kier molecular flexibility index (Phi) is 4.34. The van der Waals surface area contributed by atoms with Crippen molar-refractivity contribution in [3.8, 4) is 5.82 Å². The molecule has 1 aliphatic heterocycles. The molecule has 0 bridgehead atoms. The quantitative estimate of drug-likeness (QED) is 0.509. The maximum Gasteiger partial charge on any atom is 0.254 e. The fourth-order valence-electron chi connectivity index (χ4n) is 3.97. The van der Waals surface area contributed by atoms with Gasteiger partial charge in [0.15, 0.2) is 5.82 Å². The monoisotopic (exact) mass is 404 g/mol. The summed E-state index contributed by atoms with van der Waals surface area (Å²) in [6.07, 6.45) is 1.55. The van der Waals surface area contributed by atoms with Crippen molar-refractivity contribution in [2.24, 2.45) is 0 Å². The van der Waals surface area contributed by atoms with Gasteiger partial charge in [-0.3, -0.25) is 0 Å². The minimum absolute atomic E-state index is 0.633. The van der Waals surface area contributed by atoms with Crippen molar-refractivity contribution in [1.82, 2.24) is 39.3 Å². The molecule has 30 heavy (non-hydrogen) atoms. The lowest BCUT2D eigenvalue weighted by atomic mass is 10.3. The normalized spacial score (nSPS) is 14.7. The third kappa shape index (κ3) is 3.23. The fraction of sp³-hybridized carbons (Fsp3) is 0.400. The Morgan fingerprint density at radius 3 is 2.23 bits per heavy atom. The van der Waals surface area contributed by atoms with Gasteiger partial charge >= 0.3 is 0 Å². The number of anilines is 2. The summed E-state index contributed by atoms with van der Waals surface area (Å²) in [7, 11) is 0. The SMILES string of the molecule is Cc1cc(N2CCN(c3cc(-n4nc(C)cc4C)nc(C)n3)CC2)n2ncnc2n1. The summed E-state index contributed by atoms with van der Waals surface area (Å²) in [5.41, 5.74) is 2.98. The van der Waals surface area contributed by atoms with Crippen LogP contribution in [0, 0.1) is 27.7 Å². The molecule has 0 aromatic carbocycles. The first kappa shape index (κ1) is 18.5. The maximum atomic E-state index is 4.69. The summed E-state index contributed by atoms with van der Waals surface area (Å²) in [4.78, 5) is 22.6. The molecular weight excluding hydrogens is 380 g/mol. The molecule has 0 saturated carbocycles. The third-order valence-corrected chi connectivity index (χ3v) is 5.33. The Labute approximate surface area is 174 Å². The van der Waals surface area contributed by atoms with Crippen LogP contribution in [0.1, 0.15) is 22.9 Å². The van der Waals surface area contributed by atoms with Gasteiger partial charge in [0.2, 0.25) is 0 Å². The molecule has 0 aliphatic carbocycles. The Morgan fingerprint density at radius 1 is 0.767 bits per heavy atom. The molecule has 5 heterocycles. The van der Waals surface area contributed by atoms with Gasteiger partial charge in [0.25, 0.3) is 5.78 Å². The van der Waals surface area contributed by atoms with Crippen LogP contribution in [0.4, 0.5) is 11.6 Å². The number of fused-ring (bicyclic) bond motifs is 1. The molecule has 1 fully saturated rings. The van der Waals surface area contributed by atoms with Crippen molar-refractivity contribution in [3.05, 3.63) is 47.4 Å². The van der Waals surface area contributed by atoms with E-state index in [1.165, 1.54) is 0 Å². The predicted octanol–water partition coefficient (Wildman–Crippen LogP) is 1.66. The minimum Gasteiger partial charge on any atom is -0.353 e. The molecule has 0 radical (unpaired) electrons. The van der Waals surface area contributed by atoms with Crippen LogP contribution in [0.5, 0.6) is 0 Å².